The van der Waals surface area contributed by atoms with E-state index in [0.29, 0.717) is 37.5 Å². The third kappa shape index (κ3) is 3.48. The Morgan fingerprint density at radius 3 is 2.70 bits per heavy atom. The first-order chi connectivity index (χ1) is 11.0. The quantitative estimate of drug-likeness (QED) is 0.898. The molecule has 0 saturated carbocycles. The first-order valence-electron chi connectivity index (χ1n) is 7.43. The number of phenols is 1. The lowest BCUT2D eigenvalue weighted by Crippen LogP contribution is -2.48. The molecule has 1 aliphatic rings. The molecule has 122 valence electrons. The van der Waals surface area contributed by atoms with Gasteiger partial charge in [0.15, 0.2) is 0 Å². The molecule has 0 aliphatic carbocycles. The number of amides is 1. The number of aromatic hydroxyl groups is 1. The summed E-state index contributed by atoms with van der Waals surface area (Å²) in [7, 11) is 0. The Bertz CT molecular complexity index is 695. The van der Waals surface area contributed by atoms with Crippen molar-refractivity contribution in [3.63, 3.8) is 0 Å². The van der Waals surface area contributed by atoms with Crippen molar-refractivity contribution in [3.05, 3.63) is 47.5 Å². The predicted molar refractivity (Wildman–Crippen MR) is 85.4 cm³/mol. The fourth-order valence-corrected chi connectivity index (χ4v) is 3.03. The second kappa shape index (κ2) is 6.22. The number of phenolic OH excluding ortho intramolecular Hbond substituents is 1. The van der Waals surface area contributed by atoms with Gasteiger partial charge < -0.3 is 19.7 Å². The molecule has 0 radical (unpaired) electrons. The van der Waals surface area contributed by atoms with Crippen molar-refractivity contribution in [2.45, 2.75) is 25.0 Å². The zero-order valence-electron chi connectivity index (χ0n) is 12.5. The van der Waals surface area contributed by atoms with Crippen molar-refractivity contribution in [1.29, 1.82) is 0 Å². The summed E-state index contributed by atoms with van der Waals surface area (Å²) in [4.78, 5) is 18.1. The highest BCUT2D eigenvalue weighted by Crippen LogP contribution is 2.28. The van der Waals surface area contributed by atoms with Gasteiger partial charge in [-0.1, -0.05) is 11.6 Å². The van der Waals surface area contributed by atoms with E-state index in [1.165, 1.54) is 12.1 Å². The molecule has 0 atom stereocenters. The monoisotopic (exact) mass is 335 g/mol. The van der Waals surface area contributed by atoms with Crippen LogP contribution in [0.1, 0.15) is 23.2 Å². The first-order valence-corrected chi connectivity index (χ1v) is 7.81. The molecule has 3 rings (SSSR count). The molecule has 2 aromatic rings. The molecule has 1 aromatic carbocycles. The van der Waals surface area contributed by atoms with Gasteiger partial charge in [0.25, 0.3) is 5.91 Å². The molecule has 7 heteroatoms. The molecule has 1 saturated heterocycles. The fraction of sp³-hybridized carbons (Fsp3) is 0.375. The number of halogens is 1. The minimum absolute atomic E-state index is 0.123. The normalized spacial score (nSPS) is 17.2. The van der Waals surface area contributed by atoms with Gasteiger partial charge in [0, 0.05) is 30.5 Å². The Balaban J connectivity index is 1.65. The molecular weight excluding hydrogens is 318 g/mol. The molecule has 2 heterocycles. The topological polar surface area (TPSA) is 78.6 Å². The van der Waals surface area contributed by atoms with E-state index in [0.717, 1.165) is 0 Å². The van der Waals surface area contributed by atoms with Crippen LogP contribution in [0.4, 0.5) is 0 Å². The number of carbonyl (C=O) groups is 1. The van der Waals surface area contributed by atoms with Gasteiger partial charge in [-0.3, -0.25) is 4.79 Å². The second-order valence-corrected chi connectivity index (χ2v) is 6.35. The van der Waals surface area contributed by atoms with Gasteiger partial charge in [-0.05, 0) is 31.0 Å². The number of hydrogen-bond donors (Lipinski definition) is 2. The summed E-state index contributed by atoms with van der Waals surface area (Å²) >= 11 is 5.79. The van der Waals surface area contributed by atoms with Crippen molar-refractivity contribution in [3.8, 4) is 5.75 Å². The standard InChI is InChI=1S/C16H18ClN3O3/c17-12-1-2-13(14(21)9-12)15(22)20-6-3-16(23,4-7-20)10-19-8-5-18-11-19/h1-2,5,8-9,11,21,23H,3-4,6-7,10H2. The molecule has 2 N–H and O–H groups in total. The van der Waals surface area contributed by atoms with Crippen LogP contribution in [0.15, 0.2) is 36.9 Å². The molecule has 1 aliphatic heterocycles. The number of rotatable bonds is 3. The molecule has 1 amide bonds. The summed E-state index contributed by atoms with van der Waals surface area (Å²) < 4.78 is 1.84. The van der Waals surface area contributed by atoms with Gasteiger partial charge in [0.1, 0.15) is 5.75 Å². The van der Waals surface area contributed by atoms with Crippen LogP contribution in [0, 0.1) is 0 Å². The Labute approximate surface area is 138 Å². The van der Waals surface area contributed by atoms with Crippen molar-refractivity contribution in [2.24, 2.45) is 0 Å². The van der Waals surface area contributed by atoms with Crippen molar-refractivity contribution in [1.82, 2.24) is 14.5 Å². The maximum Gasteiger partial charge on any atom is 0.257 e. The lowest BCUT2D eigenvalue weighted by molar-refractivity contribution is -0.0292. The van der Waals surface area contributed by atoms with Gasteiger partial charge in [-0.25, -0.2) is 4.98 Å². The molecule has 6 nitrogen and oxygen atoms in total. The molecule has 0 unspecified atom stereocenters. The molecule has 1 aromatic heterocycles. The third-order valence-corrected chi connectivity index (χ3v) is 4.44. The van der Waals surface area contributed by atoms with Crippen LogP contribution >= 0.6 is 11.6 Å². The van der Waals surface area contributed by atoms with E-state index in [1.54, 1.807) is 29.7 Å². The number of carbonyl (C=O) groups excluding carboxylic acids is 1. The van der Waals surface area contributed by atoms with Crippen molar-refractivity contribution < 1.29 is 15.0 Å². The lowest BCUT2D eigenvalue weighted by Gasteiger charge is -2.38. The average Bonchev–Trinajstić information content (AvgIpc) is 3.00. The third-order valence-electron chi connectivity index (χ3n) is 4.21. The lowest BCUT2D eigenvalue weighted by atomic mass is 9.91. The number of nitrogens with zero attached hydrogens (tertiary/aromatic N) is 3. The summed E-state index contributed by atoms with van der Waals surface area (Å²) in [5, 5.41) is 20.9. The molecule has 0 bridgehead atoms. The Hall–Kier alpha value is -2.05. The van der Waals surface area contributed by atoms with Gasteiger partial charge in [-0.2, -0.15) is 0 Å². The van der Waals surface area contributed by atoms with Crippen LogP contribution in [0.25, 0.3) is 0 Å². The molecule has 23 heavy (non-hydrogen) atoms. The Morgan fingerprint density at radius 2 is 2.09 bits per heavy atom. The summed E-state index contributed by atoms with van der Waals surface area (Å²) in [5.41, 5.74) is -0.617. The minimum Gasteiger partial charge on any atom is -0.507 e. The van der Waals surface area contributed by atoms with Crippen molar-refractivity contribution in [2.75, 3.05) is 13.1 Å². The largest absolute Gasteiger partial charge is 0.507 e. The van der Waals surface area contributed by atoms with E-state index in [-0.39, 0.29) is 17.2 Å². The number of aliphatic hydroxyl groups is 1. The molecule has 1 fully saturated rings. The first kappa shape index (κ1) is 15.8. The number of benzene rings is 1. The van der Waals surface area contributed by atoms with Crippen LogP contribution < -0.4 is 0 Å². The number of imidazole rings is 1. The number of hydrogen-bond acceptors (Lipinski definition) is 4. The highest BCUT2D eigenvalue weighted by Gasteiger charge is 2.34. The van der Waals surface area contributed by atoms with Crippen LogP contribution in [0.3, 0.4) is 0 Å². The highest BCUT2D eigenvalue weighted by atomic mass is 35.5. The average molecular weight is 336 g/mol. The summed E-state index contributed by atoms with van der Waals surface area (Å²) in [6, 6.07) is 4.45. The summed E-state index contributed by atoms with van der Waals surface area (Å²) in [6.07, 6.45) is 6.10. The summed E-state index contributed by atoms with van der Waals surface area (Å²) in [6.45, 7) is 1.33. The maximum atomic E-state index is 12.5. The maximum absolute atomic E-state index is 12.5. The van der Waals surface area contributed by atoms with E-state index >= 15 is 0 Å². The Kier molecular flexibility index (Phi) is 4.28. The number of aromatic nitrogens is 2. The summed E-state index contributed by atoms with van der Waals surface area (Å²) in [5.74, 6) is -0.370. The second-order valence-electron chi connectivity index (χ2n) is 5.91. The van der Waals surface area contributed by atoms with Gasteiger partial charge >= 0.3 is 0 Å². The van der Waals surface area contributed by atoms with Gasteiger partial charge in [-0.15, -0.1) is 0 Å². The molecule has 0 spiro atoms. The zero-order valence-corrected chi connectivity index (χ0v) is 13.3. The van der Waals surface area contributed by atoms with E-state index in [1.807, 2.05) is 4.57 Å². The van der Waals surface area contributed by atoms with Crippen LogP contribution in [-0.4, -0.2) is 49.3 Å². The van der Waals surface area contributed by atoms with Crippen LogP contribution in [0.2, 0.25) is 5.02 Å². The van der Waals surface area contributed by atoms with E-state index in [2.05, 4.69) is 4.98 Å². The highest BCUT2D eigenvalue weighted by molar-refractivity contribution is 6.30. The van der Waals surface area contributed by atoms with Gasteiger partial charge in [0.05, 0.1) is 24.0 Å². The van der Waals surface area contributed by atoms with Crippen LogP contribution in [0.5, 0.6) is 5.75 Å². The van der Waals surface area contributed by atoms with E-state index in [4.69, 9.17) is 11.6 Å². The smallest absolute Gasteiger partial charge is 0.257 e. The fourth-order valence-electron chi connectivity index (χ4n) is 2.86. The van der Waals surface area contributed by atoms with E-state index in [9.17, 15) is 15.0 Å². The number of piperidine rings is 1. The van der Waals surface area contributed by atoms with Gasteiger partial charge in [0.2, 0.25) is 0 Å². The van der Waals surface area contributed by atoms with Crippen molar-refractivity contribution >= 4 is 17.5 Å². The molecular formula is C16H18ClN3O3. The predicted octanol–water partition coefficient (Wildman–Crippen LogP) is 1.91. The minimum atomic E-state index is -0.848. The Morgan fingerprint density at radius 1 is 1.35 bits per heavy atom. The van der Waals surface area contributed by atoms with Crippen LogP contribution in [-0.2, 0) is 6.54 Å². The van der Waals surface area contributed by atoms with E-state index < -0.39 is 5.60 Å². The number of likely N-dealkylation sites (tertiary alicyclic amines) is 1. The SMILES string of the molecule is O=C(c1ccc(Cl)cc1O)N1CCC(O)(Cn2ccnc2)CC1. The zero-order chi connectivity index (χ0) is 16.4.